The van der Waals surface area contributed by atoms with E-state index in [2.05, 4.69) is 10.6 Å². The Labute approximate surface area is 107 Å². The van der Waals surface area contributed by atoms with Crippen molar-refractivity contribution < 1.29 is 9.59 Å². The maximum Gasteiger partial charge on any atom is 0.321 e. The first-order chi connectivity index (χ1) is 8.09. The number of alkyl halides is 1. The molecule has 1 fully saturated rings. The third kappa shape index (κ3) is 5.91. The molecule has 5 heteroatoms. The first-order valence-electron chi connectivity index (χ1n) is 6.32. The number of amides is 3. The molecule has 1 rings (SSSR count). The van der Waals surface area contributed by atoms with Crippen molar-refractivity contribution in [1.29, 1.82) is 0 Å². The van der Waals surface area contributed by atoms with Crippen LogP contribution in [-0.2, 0) is 4.79 Å². The first kappa shape index (κ1) is 14.3. The highest BCUT2D eigenvalue weighted by molar-refractivity contribution is 6.31. The quantitative estimate of drug-likeness (QED) is 0.589. The fraction of sp³-hybridized carbons (Fsp3) is 0.833. The second kappa shape index (κ2) is 7.54. The Morgan fingerprint density at radius 2 is 2.00 bits per heavy atom. The Hall–Kier alpha value is -0.770. The van der Waals surface area contributed by atoms with Gasteiger partial charge in [-0.3, -0.25) is 10.1 Å². The summed E-state index contributed by atoms with van der Waals surface area (Å²) in [7, 11) is 0. The zero-order valence-corrected chi connectivity index (χ0v) is 11.1. The minimum atomic E-state index is -0.681. The van der Waals surface area contributed by atoms with Crippen molar-refractivity contribution in [2.75, 3.05) is 6.54 Å². The Bertz CT molecular complexity index is 263. The van der Waals surface area contributed by atoms with Crippen LogP contribution in [0.5, 0.6) is 0 Å². The third-order valence-electron chi connectivity index (χ3n) is 3.15. The number of imide groups is 1. The summed E-state index contributed by atoms with van der Waals surface area (Å²) in [6.45, 7) is 2.15. The van der Waals surface area contributed by atoms with Gasteiger partial charge in [0.1, 0.15) is 5.38 Å². The van der Waals surface area contributed by atoms with Crippen LogP contribution in [0.4, 0.5) is 4.79 Å². The molecule has 1 aliphatic rings. The Kier molecular flexibility index (Phi) is 6.34. The summed E-state index contributed by atoms with van der Waals surface area (Å²) in [6, 6.07) is -0.450. The molecule has 1 atom stereocenters. The first-order valence-corrected chi connectivity index (χ1v) is 6.76. The standard InChI is InChI=1S/C12H21ClN2O2/c1-9(13)11(16)15-12(17)14-8-4-7-10-5-2-3-6-10/h9-10H,2-8H2,1H3,(H2,14,15,16,17). The predicted octanol–water partition coefficient (Wildman–Crippen LogP) is 2.41. The highest BCUT2D eigenvalue weighted by Crippen LogP contribution is 2.28. The van der Waals surface area contributed by atoms with Gasteiger partial charge in [0.25, 0.3) is 0 Å². The molecular weight excluding hydrogens is 240 g/mol. The van der Waals surface area contributed by atoms with Gasteiger partial charge < -0.3 is 5.32 Å². The Morgan fingerprint density at radius 1 is 1.35 bits per heavy atom. The molecule has 0 spiro atoms. The van der Waals surface area contributed by atoms with Gasteiger partial charge in [-0.2, -0.15) is 0 Å². The summed E-state index contributed by atoms with van der Waals surface area (Å²) in [4.78, 5) is 22.3. The van der Waals surface area contributed by atoms with Crippen LogP contribution < -0.4 is 10.6 Å². The molecule has 2 N–H and O–H groups in total. The molecule has 0 heterocycles. The molecule has 0 aliphatic heterocycles. The number of hydrogen-bond donors (Lipinski definition) is 2. The number of nitrogens with one attached hydrogen (secondary N) is 2. The Balaban J connectivity index is 2.01. The van der Waals surface area contributed by atoms with Gasteiger partial charge in [0.05, 0.1) is 0 Å². The lowest BCUT2D eigenvalue weighted by Gasteiger charge is -2.10. The lowest BCUT2D eigenvalue weighted by molar-refractivity contribution is -0.119. The second-order valence-electron chi connectivity index (χ2n) is 4.65. The van der Waals surface area contributed by atoms with Crippen LogP contribution >= 0.6 is 11.6 Å². The minimum absolute atomic E-state index is 0.450. The lowest BCUT2D eigenvalue weighted by Crippen LogP contribution is -2.42. The highest BCUT2D eigenvalue weighted by atomic mass is 35.5. The average Bonchev–Trinajstić information content (AvgIpc) is 2.77. The maximum atomic E-state index is 11.3. The van der Waals surface area contributed by atoms with Gasteiger partial charge in [-0.25, -0.2) is 4.79 Å². The van der Waals surface area contributed by atoms with Gasteiger partial charge in [0.2, 0.25) is 5.91 Å². The molecule has 0 aromatic heterocycles. The molecule has 1 unspecified atom stereocenters. The van der Waals surface area contributed by atoms with E-state index in [-0.39, 0.29) is 0 Å². The van der Waals surface area contributed by atoms with Crippen molar-refractivity contribution in [3.05, 3.63) is 0 Å². The molecule has 0 radical (unpaired) electrons. The summed E-state index contributed by atoms with van der Waals surface area (Å²) in [5.74, 6) is 0.379. The van der Waals surface area contributed by atoms with Crippen LogP contribution in [0.3, 0.4) is 0 Å². The summed E-state index contributed by atoms with van der Waals surface area (Å²) >= 11 is 5.53. The van der Waals surface area contributed by atoms with Crippen LogP contribution in [0.1, 0.15) is 45.4 Å². The van der Waals surface area contributed by atoms with Crippen LogP contribution in [0.15, 0.2) is 0 Å². The van der Waals surface area contributed by atoms with Gasteiger partial charge in [-0.1, -0.05) is 25.7 Å². The van der Waals surface area contributed by atoms with Crippen molar-refractivity contribution >= 4 is 23.5 Å². The van der Waals surface area contributed by atoms with Crippen molar-refractivity contribution in [2.24, 2.45) is 5.92 Å². The van der Waals surface area contributed by atoms with Gasteiger partial charge in [-0.15, -0.1) is 11.6 Å². The second-order valence-corrected chi connectivity index (χ2v) is 5.31. The van der Waals surface area contributed by atoms with Crippen molar-refractivity contribution in [2.45, 2.75) is 50.8 Å². The fourth-order valence-corrected chi connectivity index (χ4v) is 2.20. The number of rotatable bonds is 5. The van der Waals surface area contributed by atoms with Crippen LogP contribution in [0.2, 0.25) is 0 Å². The molecule has 0 bridgehead atoms. The van der Waals surface area contributed by atoms with E-state index in [1.165, 1.54) is 39.0 Å². The topological polar surface area (TPSA) is 58.2 Å². The SMILES string of the molecule is CC(Cl)C(=O)NC(=O)NCCCC1CCCC1. The Morgan fingerprint density at radius 3 is 2.59 bits per heavy atom. The van der Waals surface area contributed by atoms with Crippen molar-refractivity contribution in [1.82, 2.24) is 10.6 Å². The van der Waals surface area contributed by atoms with Gasteiger partial charge in [-0.05, 0) is 25.7 Å². The smallest absolute Gasteiger partial charge is 0.321 e. The van der Waals surface area contributed by atoms with Gasteiger partial charge in [0.15, 0.2) is 0 Å². The van der Waals surface area contributed by atoms with E-state index in [1.54, 1.807) is 0 Å². The summed E-state index contributed by atoms with van der Waals surface area (Å²) in [5, 5.41) is 4.17. The molecular formula is C12H21ClN2O2. The molecule has 4 nitrogen and oxygen atoms in total. The molecule has 0 saturated heterocycles. The minimum Gasteiger partial charge on any atom is -0.338 e. The van der Waals surface area contributed by atoms with E-state index in [4.69, 9.17) is 11.6 Å². The van der Waals surface area contributed by atoms with E-state index in [9.17, 15) is 9.59 Å². The van der Waals surface area contributed by atoms with E-state index in [1.807, 2.05) is 0 Å². The number of carbonyl (C=O) groups is 2. The zero-order valence-electron chi connectivity index (χ0n) is 10.3. The molecule has 3 amide bonds. The molecule has 1 saturated carbocycles. The monoisotopic (exact) mass is 260 g/mol. The maximum absolute atomic E-state index is 11.3. The predicted molar refractivity (Wildman–Crippen MR) is 68.0 cm³/mol. The van der Waals surface area contributed by atoms with Crippen LogP contribution in [0, 0.1) is 5.92 Å². The van der Waals surface area contributed by atoms with E-state index >= 15 is 0 Å². The largest absolute Gasteiger partial charge is 0.338 e. The zero-order chi connectivity index (χ0) is 12.7. The highest BCUT2D eigenvalue weighted by Gasteiger charge is 2.15. The van der Waals surface area contributed by atoms with E-state index < -0.39 is 17.3 Å². The van der Waals surface area contributed by atoms with Crippen molar-refractivity contribution in [3.8, 4) is 0 Å². The van der Waals surface area contributed by atoms with Crippen molar-refractivity contribution in [3.63, 3.8) is 0 Å². The lowest BCUT2D eigenvalue weighted by atomic mass is 10.0. The third-order valence-corrected chi connectivity index (χ3v) is 3.35. The fourth-order valence-electron chi connectivity index (χ4n) is 2.15. The molecule has 0 aromatic rings. The molecule has 0 aromatic carbocycles. The van der Waals surface area contributed by atoms with Crippen LogP contribution in [0.25, 0.3) is 0 Å². The number of urea groups is 1. The van der Waals surface area contributed by atoms with E-state index in [0.29, 0.717) is 6.54 Å². The molecule has 1 aliphatic carbocycles. The number of carbonyl (C=O) groups excluding carboxylic acids is 2. The normalized spacial score (nSPS) is 17.8. The average molecular weight is 261 g/mol. The summed E-state index contributed by atoms with van der Waals surface area (Å²) in [6.07, 6.45) is 7.49. The van der Waals surface area contributed by atoms with Gasteiger partial charge >= 0.3 is 6.03 Å². The number of halogens is 1. The van der Waals surface area contributed by atoms with E-state index in [0.717, 1.165) is 12.3 Å². The number of hydrogen-bond acceptors (Lipinski definition) is 2. The van der Waals surface area contributed by atoms with Gasteiger partial charge in [0, 0.05) is 6.54 Å². The molecule has 17 heavy (non-hydrogen) atoms. The van der Waals surface area contributed by atoms with Crippen LogP contribution in [-0.4, -0.2) is 23.9 Å². The summed E-state index contributed by atoms with van der Waals surface area (Å²) in [5.41, 5.74) is 0. The summed E-state index contributed by atoms with van der Waals surface area (Å²) < 4.78 is 0. The molecule has 98 valence electrons.